The van der Waals surface area contributed by atoms with Gasteiger partial charge in [0.2, 0.25) is 0 Å². The molecule has 0 amide bonds. The van der Waals surface area contributed by atoms with Crippen LogP contribution in [0.15, 0.2) is 241 Å². The summed E-state index contributed by atoms with van der Waals surface area (Å²) in [5.74, 6) is 0. The summed E-state index contributed by atoms with van der Waals surface area (Å²) in [4.78, 5) is 2.42. The lowest BCUT2D eigenvalue weighted by Crippen LogP contribution is -2.28. The Kier molecular flexibility index (Phi) is 8.11. The molecule has 0 N–H and O–H groups in total. The number of para-hydroxylation sites is 1. The molecule has 10 aromatic carbocycles. The molecule has 1 aromatic heterocycles. The molecule has 0 atom stereocenters. The smallest absolute Gasteiger partial charge is 0.135 e. The normalized spacial score (nSPS) is 12.7. The van der Waals surface area contributed by atoms with Crippen LogP contribution in [-0.4, -0.2) is 0 Å². The van der Waals surface area contributed by atoms with Crippen molar-refractivity contribution in [3.63, 3.8) is 0 Å². The van der Waals surface area contributed by atoms with Gasteiger partial charge in [-0.05, 0) is 121 Å². The van der Waals surface area contributed by atoms with Gasteiger partial charge in [-0.1, -0.05) is 182 Å². The fraction of sp³-hybridized carbons (Fsp3) is 0.0169. The number of hydrogen-bond donors (Lipinski definition) is 0. The molecule has 12 rings (SSSR count). The van der Waals surface area contributed by atoms with E-state index in [0.29, 0.717) is 0 Å². The molecule has 286 valence electrons. The predicted molar refractivity (Wildman–Crippen MR) is 254 cm³/mol. The predicted octanol–water partition coefficient (Wildman–Crippen LogP) is 15.9. The summed E-state index contributed by atoms with van der Waals surface area (Å²) in [5.41, 5.74) is 17.0. The molecule has 1 heterocycles. The largest absolute Gasteiger partial charge is 0.456 e. The number of fused-ring (bicyclic) bond motifs is 7. The zero-order valence-corrected chi connectivity index (χ0v) is 33.4. The van der Waals surface area contributed by atoms with E-state index >= 15 is 0 Å². The van der Waals surface area contributed by atoms with Gasteiger partial charge in [0.05, 0.1) is 5.41 Å². The molecule has 61 heavy (non-hydrogen) atoms. The lowest BCUT2D eigenvalue weighted by atomic mass is 9.67. The van der Waals surface area contributed by atoms with Crippen molar-refractivity contribution in [3.05, 3.63) is 259 Å². The summed E-state index contributed by atoms with van der Waals surface area (Å²) in [6.07, 6.45) is 0. The lowest BCUT2D eigenvalue weighted by Gasteiger charge is -2.35. The second-order valence-corrected chi connectivity index (χ2v) is 16.1. The molecule has 2 heteroatoms. The van der Waals surface area contributed by atoms with Gasteiger partial charge in [0.1, 0.15) is 11.2 Å². The number of furan rings is 1. The zero-order chi connectivity index (χ0) is 40.3. The standard InChI is InChI=1S/C59H39NO/c1-3-15-46(16-4-1)59(47-17-5-2-6-18-47)55-21-11-9-19-51(55)52-35-34-50(39-56(52)59)60(49-33-29-40-13-7-8-14-44(40)37-49)48-31-27-42(28-32-48)41-23-25-43(26-24-41)45-30-36-58-54(38-45)53-20-10-12-22-57(53)61-58/h1-39H. The highest BCUT2D eigenvalue weighted by Gasteiger charge is 2.46. The first-order chi connectivity index (χ1) is 30.2. The second-order valence-electron chi connectivity index (χ2n) is 16.1. The van der Waals surface area contributed by atoms with Crippen LogP contribution in [0.3, 0.4) is 0 Å². The third kappa shape index (κ3) is 5.64. The molecule has 1 aliphatic carbocycles. The van der Waals surface area contributed by atoms with Crippen LogP contribution in [0.1, 0.15) is 22.3 Å². The Morgan fingerprint density at radius 3 is 1.59 bits per heavy atom. The van der Waals surface area contributed by atoms with E-state index in [1.54, 1.807) is 0 Å². The monoisotopic (exact) mass is 777 g/mol. The summed E-state index contributed by atoms with van der Waals surface area (Å²) >= 11 is 0. The van der Waals surface area contributed by atoms with Gasteiger partial charge < -0.3 is 9.32 Å². The quantitative estimate of drug-likeness (QED) is 0.160. The van der Waals surface area contributed by atoms with E-state index in [1.807, 2.05) is 12.1 Å². The molecule has 0 radical (unpaired) electrons. The first-order valence-corrected chi connectivity index (χ1v) is 21.0. The van der Waals surface area contributed by atoms with Crippen molar-refractivity contribution >= 4 is 49.8 Å². The van der Waals surface area contributed by atoms with E-state index in [4.69, 9.17) is 4.42 Å². The number of benzene rings is 10. The van der Waals surface area contributed by atoms with Crippen LogP contribution >= 0.6 is 0 Å². The van der Waals surface area contributed by atoms with Crippen molar-refractivity contribution in [2.75, 3.05) is 4.90 Å². The maximum atomic E-state index is 6.10. The van der Waals surface area contributed by atoms with Crippen molar-refractivity contribution in [3.8, 4) is 33.4 Å². The van der Waals surface area contributed by atoms with E-state index < -0.39 is 5.41 Å². The fourth-order valence-corrected chi connectivity index (χ4v) is 9.90. The minimum atomic E-state index is -0.492. The Bertz CT molecular complexity index is 3360. The molecule has 0 saturated carbocycles. The summed E-state index contributed by atoms with van der Waals surface area (Å²) in [6.45, 7) is 0. The molecule has 0 bridgehead atoms. The average Bonchev–Trinajstić information content (AvgIpc) is 3.86. The van der Waals surface area contributed by atoms with E-state index in [2.05, 4.69) is 229 Å². The highest BCUT2D eigenvalue weighted by Crippen LogP contribution is 2.57. The molecule has 2 nitrogen and oxygen atoms in total. The van der Waals surface area contributed by atoms with Crippen molar-refractivity contribution < 1.29 is 4.42 Å². The van der Waals surface area contributed by atoms with Crippen LogP contribution < -0.4 is 4.90 Å². The summed E-state index contributed by atoms with van der Waals surface area (Å²) in [7, 11) is 0. The highest BCUT2D eigenvalue weighted by atomic mass is 16.3. The summed E-state index contributed by atoms with van der Waals surface area (Å²) in [5, 5.41) is 4.71. The third-order valence-corrected chi connectivity index (χ3v) is 12.7. The van der Waals surface area contributed by atoms with Gasteiger partial charge in [-0.25, -0.2) is 0 Å². The molecule has 0 aliphatic heterocycles. The first-order valence-electron chi connectivity index (χ1n) is 21.0. The third-order valence-electron chi connectivity index (χ3n) is 12.7. The lowest BCUT2D eigenvalue weighted by molar-refractivity contribution is 0.669. The van der Waals surface area contributed by atoms with Gasteiger partial charge in [-0.15, -0.1) is 0 Å². The van der Waals surface area contributed by atoms with E-state index in [-0.39, 0.29) is 0 Å². The summed E-state index contributed by atoms with van der Waals surface area (Å²) in [6, 6.07) is 86.2. The minimum Gasteiger partial charge on any atom is -0.456 e. The van der Waals surface area contributed by atoms with Gasteiger partial charge in [0, 0.05) is 27.8 Å². The molecule has 0 spiro atoms. The second kappa shape index (κ2) is 14.1. The minimum absolute atomic E-state index is 0.492. The molecule has 11 aromatic rings. The number of hydrogen-bond acceptors (Lipinski definition) is 2. The van der Waals surface area contributed by atoms with Crippen molar-refractivity contribution in [2.45, 2.75) is 5.41 Å². The number of nitrogens with zero attached hydrogens (tertiary/aromatic N) is 1. The van der Waals surface area contributed by atoms with Crippen molar-refractivity contribution in [1.82, 2.24) is 0 Å². The van der Waals surface area contributed by atoms with E-state index in [1.165, 1.54) is 66.4 Å². The molecular weight excluding hydrogens is 739 g/mol. The van der Waals surface area contributed by atoms with Crippen LogP contribution in [0, 0.1) is 0 Å². The molecule has 0 saturated heterocycles. The van der Waals surface area contributed by atoms with E-state index in [9.17, 15) is 0 Å². The van der Waals surface area contributed by atoms with Gasteiger partial charge >= 0.3 is 0 Å². The average molecular weight is 778 g/mol. The molecule has 0 unspecified atom stereocenters. The van der Waals surface area contributed by atoms with Gasteiger partial charge in [-0.3, -0.25) is 0 Å². The van der Waals surface area contributed by atoms with Crippen LogP contribution in [0.5, 0.6) is 0 Å². The van der Waals surface area contributed by atoms with Crippen LogP contribution in [-0.2, 0) is 5.41 Å². The van der Waals surface area contributed by atoms with Crippen LogP contribution in [0.25, 0.3) is 66.1 Å². The Morgan fingerprint density at radius 1 is 0.311 bits per heavy atom. The summed E-state index contributed by atoms with van der Waals surface area (Å²) < 4.78 is 6.10. The fourth-order valence-electron chi connectivity index (χ4n) is 9.90. The SMILES string of the molecule is c1ccc(C2(c3ccccc3)c3ccccc3-c3ccc(N(c4ccc(-c5ccc(-c6ccc7oc8ccccc8c7c6)cc5)cc4)c4ccc5ccccc5c4)cc32)cc1. The highest BCUT2D eigenvalue weighted by molar-refractivity contribution is 6.06. The topological polar surface area (TPSA) is 16.4 Å². The number of rotatable bonds is 7. The van der Waals surface area contributed by atoms with Gasteiger partial charge in [0.25, 0.3) is 0 Å². The first kappa shape index (κ1) is 35.0. The Labute approximate surface area is 355 Å². The van der Waals surface area contributed by atoms with Gasteiger partial charge in [0.15, 0.2) is 0 Å². The Balaban J connectivity index is 0.969. The van der Waals surface area contributed by atoms with Crippen molar-refractivity contribution in [2.24, 2.45) is 0 Å². The zero-order valence-electron chi connectivity index (χ0n) is 33.4. The maximum Gasteiger partial charge on any atom is 0.135 e. The number of anilines is 3. The van der Waals surface area contributed by atoms with Gasteiger partial charge in [-0.2, -0.15) is 0 Å². The Morgan fingerprint density at radius 2 is 0.836 bits per heavy atom. The molecule has 0 fully saturated rings. The Hall–Kier alpha value is -7.94. The molecular formula is C59H39NO. The van der Waals surface area contributed by atoms with E-state index in [0.717, 1.165) is 39.0 Å². The maximum absolute atomic E-state index is 6.10. The van der Waals surface area contributed by atoms with Crippen LogP contribution in [0.2, 0.25) is 0 Å². The van der Waals surface area contributed by atoms with Crippen LogP contribution in [0.4, 0.5) is 17.1 Å². The van der Waals surface area contributed by atoms with Crippen molar-refractivity contribution in [1.29, 1.82) is 0 Å². The molecule has 1 aliphatic rings.